The molecule has 172 valence electrons. The predicted molar refractivity (Wildman–Crippen MR) is 125 cm³/mol. The number of nitrogens with zero attached hydrogens (tertiary/aromatic N) is 5. The molecule has 0 saturated heterocycles. The highest BCUT2D eigenvalue weighted by Gasteiger charge is 2.20. The number of hydrogen-bond donors (Lipinski definition) is 1. The zero-order valence-electron chi connectivity index (χ0n) is 18.7. The van der Waals surface area contributed by atoms with Gasteiger partial charge in [0.2, 0.25) is 0 Å². The lowest BCUT2D eigenvalue weighted by Gasteiger charge is -2.11. The third-order valence-corrected chi connectivity index (χ3v) is 5.98. The van der Waals surface area contributed by atoms with Crippen LogP contribution < -0.4 is 5.32 Å². The Kier molecular flexibility index (Phi) is 8.31. The van der Waals surface area contributed by atoms with E-state index in [2.05, 4.69) is 39.0 Å². The van der Waals surface area contributed by atoms with Gasteiger partial charge in [0.05, 0.1) is 17.8 Å². The number of carbonyl (C=O) groups excluding carboxylic acids is 1. The van der Waals surface area contributed by atoms with Crippen LogP contribution in [0.2, 0.25) is 5.15 Å². The quantitative estimate of drug-likeness (QED) is 0.346. The predicted octanol–water partition coefficient (Wildman–Crippen LogP) is 4.36. The molecule has 7 nitrogen and oxygen atoms in total. The maximum Gasteiger partial charge on any atom is 0.256 e. The Morgan fingerprint density at radius 3 is 2.62 bits per heavy atom. The highest BCUT2D eigenvalue weighted by molar-refractivity contribution is 7.98. The minimum atomic E-state index is -0.302. The van der Waals surface area contributed by atoms with Crippen molar-refractivity contribution in [2.24, 2.45) is 5.92 Å². The van der Waals surface area contributed by atoms with E-state index >= 15 is 0 Å². The molecule has 0 fully saturated rings. The molecular weight excluding hydrogens is 451 g/mol. The van der Waals surface area contributed by atoms with Crippen LogP contribution in [0.4, 0.5) is 4.39 Å². The normalized spacial score (nSPS) is 11.3. The summed E-state index contributed by atoms with van der Waals surface area (Å²) in [6.07, 6.45) is 3.45. The van der Waals surface area contributed by atoms with Gasteiger partial charge in [-0.05, 0) is 43.2 Å². The van der Waals surface area contributed by atoms with E-state index in [1.165, 1.54) is 12.1 Å². The zero-order chi connectivity index (χ0) is 23.3. The second-order valence-corrected chi connectivity index (χ2v) is 9.13. The van der Waals surface area contributed by atoms with Crippen molar-refractivity contribution in [1.29, 1.82) is 0 Å². The summed E-state index contributed by atoms with van der Waals surface area (Å²) in [6.45, 7) is 7.79. The van der Waals surface area contributed by atoms with E-state index in [4.69, 9.17) is 11.6 Å². The fourth-order valence-corrected chi connectivity index (χ4v) is 4.26. The first kappa shape index (κ1) is 24.3. The summed E-state index contributed by atoms with van der Waals surface area (Å²) >= 11 is 8.03. The monoisotopic (exact) mass is 478 g/mol. The van der Waals surface area contributed by atoms with Crippen LogP contribution in [-0.4, -0.2) is 43.3 Å². The van der Waals surface area contributed by atoms with E-state index in [-0.39, 0.29) is 16.9 Å². The van der Waals surface area contributed by atoms with E-state index in [9.17, 15) is 9.18 Å². The van der Waals surface area contributed by atoms with Crippen LogP contribution in [0.5, 0.6) is 0 Å². The number of thioether (sulfide) groups is 1. The molecular formula is C22H28ClFN6OS. The van der Waals surface area contributed by atoms with Gasteiger partial charge in [0, 0.05) is 19.5 Å². The van der Waals surface area contributed by atoms with Crippen molar-refractivity contribution in [2.45, 2.75) is 51.9 Å². The molecule has 0 saturated carbocycles. The van der Waals surface area contributed by atoms with Crippen LogP contribution >= 0.6 is 23.4 Å². The molecule has 2 aromatic heterocycles. The first-order valence-electron chi connectivity index (χ1n) is 10.5. The van der Waals surface area contributed by atoms with Crippen molar-refractivity contribution in [2.75, 3.05) is 12.8 Å². The lowest BCUT2D eigenvalue weighted by molar-refractivity contribution is 0.0952. The standard InChI is InChI=1S/C22H28ClFN6OS/c1-14(2)12-29-18(26-27-22(29)32-4)6-5-11-25-21(31)19-15(3)28-30(20(19)23)13-16-7-9-17(24)10-8-16/h7-10,14H,5-6,11-13H2,1-4H3,(H,25,31). The number of amides is 1. The molecule has 0 radical (unpaired) electrons. The highest BCUT2D eigenvalue weighted by Crippen LogP contribution is 2.21. The molecule has 0 atom stereocenters. The van der Waals surface area contributed by atoms with Crippen molar-refractivity contribution in [1.82, 2.24) is 29.9 Å². The lowest BCUT2D eigenvalue weighted by atomic mass is 10.2. The van der Waals surface area contributed by atoms with Gasteiger partial charge < -0.3 is 9.88 Å². The minimum Gasteiger partial charge on any atom is -0.352 e. The van der Waals surface area contributed by atoms with Gasteiger partial charge in [-0.3, -0.25) is 4.79 Å². The molecule has 1 aromatic carbocycles. The van der Waals surface area contributed by atoms with E-state index in [1.54, 1.807) is 35.5 Å². The lowest BCUT2D eigenvalue weighted by Crippen LogP contribution is -2.25. The molecule has 0 spiro atoms. The van der Waals surface area contributed by atoms with E-state index in [0.717, 1.165) is 35.9 Å². The second kappa shape index (κ2) is 11.0. The fourth-order valence-electron chi connectivity index (χ4n) is 3.42. The molecule has 10 heteroatoms. The smallest absolute Gasteiger partial charge is 0.256 e. The van der Waals surface area contributed by atoms with Gasteiger partial charge in [-0.1, -0.05) is 49.3 Å². The second-order valence-electron chi connectivity index (χ2n) is 8.00. The zero-order valence-corrected chi connectivity index (χ0v) is 20.3. The molecule has 0 aliphatic rings. The average Bonchev–Trinajstić information content (AvgIpc) is 3.25. The molecule has 3 aromatic rings. The summed E-state index contributed by atoms with van der Waals surface area (Å²) in [5.41, 5.74) is 1.76. The van der Waals surface area contributed by atoms with Crippen molar-refractivity contribution in [3.63, 3.8) is 0 Å². The molecule has 1 N–H and O–H groups in total. The average molecular weight is 479 g/mol. The number of carbonyl (C=O) groups is 1. The number of aromatic nitrogens is 5. The Bertz CT molecular complexity index is 1060. The van der Waals surface area contributed by atoms with Crippen LogP contribution in [0.25, 0.3) is 0 Å². The molecule has 2 heterocycles. The van der Waals surface area contributed by atoms with E-state index in [1.807, 2.05) is 6.26 Å². The Morgan fingerprint density at radius 2 is 1.97 bits per heavy atom. The maximum atomic E-state index is 13.1. The van der Waals surface area contributed by atoms with Crippen molar-refractivity contribution >= 4 is 29.3 Å². The van der Waals surface area contributed by atoms with Crippen molar-refractivity contribution in [3.05, 3.63) is 57.9 Å². The summed E-state index contributed by atoms with van der Waals surface area (Å²) in [6, 6.07) is 6.11. The molecule has 0 aliphatic heterocycles. The van der Waals surface area contributed by atoms with Crippen LogP contribution in [0.1, 0.15) is 47.7 Å². The largest absolute Gasteiger partial charge is 0.352 e. The first-order chi connectivity index (χ1) is 15.3. The highest BCUT2D eigenvalue weighted by atomic mass is 35.5. The molecule has 0 unspecified atom stereocenters. The Labute approximate surface area is 196 Å². The molecule has 32 heavy (non-hydrogen) atoms. The van der Waals surface area contributed by atoms with Gasteiger partial charge in [-0.15, -0.1) is 10.2 Å². The van der Waals surface area contributed by atoms with Gasteiger partial charge >= 0.3 is 0 Å². The summed E-state index contributed by atoms with van der Waals surface area (Å²) in [4.78, 5) is 12.7. The van der Waals surface area contributed by atoms with Gasteiger partial charge in [0.15, 0.2) is 5.16 Å². The number of halogens is 2. The minimum absolute atomic E-state index is 0.258. The summed E-state index contributed by atoms with van der Waals surface area (Å²) in [7, 11) is 0. The Morgan fingerprint density at radius 1 is 1.25 bits per heavy atom. The fraction of sp³-hybridized carbons (Fsp3) is 0.455. The summed E-state index contributed by atoms with van der Waals surface area (Å²) < 4.78 is 16.8. The first-order valence-corrected chi connectivity index (χ1v) is 12.1. The van der Waals surface area contributed by atoms with Gasteiger partial charge in [-0.25, -0.2) is 9.07 Å². The third-order valence-electron chi connectivity index (χ3n) is 4.92. The van der Waals surface area contributed by atoms with Gasteiger partial charge in [0.25, 0.3) is 5.91 Å². The van der Waals surface area contributed by atoms with Crippen LogP contribution in [0.3, 0.4) is 0 Å². The maximum absolute atomic E-state index is 13.1. The topological polar surface area (TPSA) is 77.6 Å². The number of rotatable bonds is 10. The SMILES string of the molecule is CSc1nnc(CCCNC(=O)c2c(C)nn(Cc3ccc(F)cc3)c2Cl)n1CC(C)C. The van der Waals surface area contributed by atoms with Crippen molar-refractivity contribution < 1.29 is 9.18 Å². The number of nitrogens with one attached hydrogen (secondary N) is 1. The van der Waals surface area contributed by atoms with E-state index < -0.39 is 0 Å². The summed E-state index contributed by atoms with van der Waals surface area (Å²) in [5, 5.41) is 17.1. The Balaban J connectivity index is 1.58. The van der Waals surface area contributed by atoms with Crippen LogP contribution in [-0.2, 0) is 19.5 Å². The van der Waals surface area contributed by atoms with Gasteiger partial charge in [0.1, 0.15) is 16.8 Å². The Hall–Kier alpha value is -2.39. The molecule has 0 bridgehead atoms. The number of benzene rings is 1. The van der Waals surface area contributed by atoms with Gasteiger partial charge in [-0.2, -0.15) is 5.10 Å². The molecule has 0 aliphatic carbocycles. The number of hydrogen-bond acceptors (Lipinski definition) is 5. The van der Waals surface area contributed by atoms with E-state index in [0.29, 0.717) is 30.3 Å². The number of aryl methyl sites for hydroxylation is 2. The molecule has 3 rings (SSSR count). The van der Waals surface area contributed by atoms with Crippen LogP contribution in [0.15, 0.2) is 29.4 Å². The third kappa shape index (κ3) is 5.89. The summed E-state index contributed by atoms with van der Waals surface area (Å²) in [5.74, 6) is 0.862. The van der Waals surface area contributed by atoms with Crippen molar-refractivity contribution in [3.8, 4) is 0 Å². The molecule has 1 amide bonds. The van der Waals surface area contributed by atoms with Crippen LogP contribution in [0, 0.1) is 18.7 Å².